The van der Waals surface area contributed by atoms with E-state index in [1.165, 1.54) is 0 Å². The summed E-state index contributed by atoms with van der Waals surface area (Å²) in [6.45, 7) is 6.62. The van der Waals surface area contributed by atoms with Gasteiger partial charge in [-0.3, -0.25) is 0 Å². The second-order valence-corrected chi connectivity index (χ2v) is 4.74. The summed E-state index contributed by atoms with van der Waals surface area (Å²) in [4.78, 5) is 0. The summed E-state index contributed by atoms with van der Waals surface area (Å²) in [7, 11) is 3.40. The largest absolute Gasteiger partial charge is 0.496 e. The Kier molecular flexibility index (Phi) is 8.07. The monoisotopic (exact) mass is 281 g/mol. The molecule has 1 rings (SSSR count). The summed E-state index contributed by atoms with van der Waals surface area (Å²) < 4.78 is 16.4. The Hall–Kier alpha value is -1.26. The van der Waals surface area contributed by atoms with Gasteiger partial charge in [0, 0.05) is 26.2 Å². The Morgan fingerprint density at radius 1 is 1.15 bits per heavy atom. The fourth-order valence-electron chi connectivity index (χ4n) is 2.10. The lowest BCUT2D eigenvalue weighted by molar-refractivity contribution is 0.171. The first-order chi connectivity index (χ1) is 9.74. The molecule has 0 saturated heterocycles. The zero-order valence-electron chi connectivity index (χ0n) is 13.1. The number of rotatable bonds is 10. The Bertz CT molecular complexity index is 382. The van der Waals surface area contributed by atoms with E-state index < -0.39 is 0 Å². The van der Waals surface area contributed by atoms with E-state index in [0.29, 0.717) is 13.2 Å². The SMILES string of the molecule is CCCNC(C)c1c(OC)cccc1OCCCOC. The summed E-state index contributed by atoms with van der Waals surface area (Å²) in [5.41, 5.74) is 1.08. The van der Waals surface area contributed by atoms with Crippen LogP contribution in [-0.4, -0.2) is 34.0 Å². The van der Waals surface area contributed by atoms with Crippen LogP contribution in [0.3, 0.4) is 0 Å². The van der Waals surface area contributed by atoms with Crippen LogP contribution in [0, 0.1) is 0 Å². The fraction of sp³-hybridized carbons (Fsp3) is 0.625. The Morgan fingerprint density at radius 2 is 1.90 bits per heavy atom. The molecule has 0 aliphatic heterocycles. The van der Waals surface area contributed by atoms with E-state index in [1.54, 1.807) is 14.2 Å². The van der Waals surface area contributed by atoms with Crippen molar-refractivity contribution in [1.29, 1.82) is 0 Å². The molecule has 4 nitrogen and oxygen atoms in total. The highest BCUT2D eigenvalue weighted by Gasteiger charge is 2.16. The predicted octanol–water partition coefficient (Wildman–Crippen LogP) is 3.17. The molecular weight excluding hydrogens is 254 g/mol. The molecule has 1 aromatic carbocycles. The van der Waals surface area contributed by atoms with Crippen molar-refractivity contribution in [3.63, 3.8) is 0 Å². The lowest BCUT2D eigenvalue weighted by atomic mass is 10.1. The van der Waals surface area contributed by atoms with E-state index in [4.69, 9.17) is 14.2 Å². The van der Waals surface area contributed by atoms with Crippen LogP contribution in [0.5, 0.6) is 11.5 Å². The molecule has 0 radical (unpaired) electrons. The molecule has 4 heteroatoms. The first-order valence-corrected chi connectivity index (χ1v) is 7.26. The molecule has 114 valence electrons. The number of hydrogen-bond acceptors (Lipinski definition) is 4. The fourth-order valence-corrected chi connectivity index (χ4v) is 2.10. The van der Waals surface area contributed by atoms with E-state index in [1.807, 2.05) is 18.2 Å². The van der Waals surface area contributed by atoms with Crippen molar-refractivity contribution >= 4 is 0 Å². The minimum Gasteiger partial charge on any atom is -0.496 e. The quantitative estimate of drug-likeness (QED) is 0.669. The van der Waals surface area contributed by atoms with Crippen molar-refractivity contribution in [1.82, 2.24) is 5.32 Å². The molecule has 1 unspecified atom stereocenters. The Labute approximate surface area is 122 Å². The first kappa shape index (κ1) is 16.8. The highest BCUT2D eigenvalue weighted by molar-refractivity contribution is 5.46. The van der Waals surface area contributed by atoms with Gasteiger partial charge in [-0.2, -0.15) is 0 Å². The number of methoxy groups -OCH3 is 2. The highest BCUT2D eigenvalue weighted by atomic mass is 16.5. The minimum absolute atomic E-state index is 0.198. The third kappa shape index (κ3) is 5.02. The third-order valence-electron chi connectivity index (χ3n) is 3.13. The lowest BCUT2D eigenvalue weighted by Crippen LogP contribution is -2.20. The highest BCUT2D eigenvalue weighted by Crippen LogP contribution is 2.34. The van der Waals surface area contributed by atoms with Gasteiger partial charge in [0.05, 0.1) is 19.3 Å². The molecule has 0 heterocycles. The Morgan fingerprint density at radius 3 is 2.55 bits per heavy atom. The van der Waals surface area contributed by atoms with Gasteiger partial charge in [-0.25, -0.2) is 0 Å². The van der Waals surface area contributed by atoms with E-state index in [2.05, 4.69) is 19.2 Å². The van der Waals surface area contributed by atoms with Gasteiger partial charge in [0.25, 0.3) is 0 Å². The summed E-state index contributed by atoms with van der Waals surface area (Å²) in [5, 5.41) is 3.48. The van der Waals surface area contributed by atoms with Crippen LogP contribution < -0.4 is 14.8 Å². The molecule has 0 aliphatic carbocycles. The van der Waals surface area contributed by atoms with Gasteiger partial charge >= 0.3 is 0 Å². The van der Waals surface area contributed by atoms with E-state index >= 15 is 0 Å². The van der Waals surface area contributed by atoms with Gasteiger partial charge in [-0.05, 0) is 32.0 Å². The van der Waals surface area contributed by atoms with Crippen LogP contribution in [0.4, 0.5) is 0 Å². The standard InChI is InChI=1S/C16H27NO3/c1-5-10-17-13(2)16-14(19-4)8-6-9-15(16)20-12-7-11-18-3/h6,8-9,13,17H,5,7,10-12H2,1-4H3. The minimum atomic E-state index is 0.198. The Balaban J connectivity index is 2.80. The molecule has 0 saturated carbocycles. The molecule has 0 bridgehead atoms. The number of ether oxygens (including phenoxy) is 3. The zero-order chi connectivity index (χ0) is 14.8. The maximum atomic E-state index is 5.88. The zero-order valence-corrected chi connectivity index (χ0v) is 13.1. The predicted molar refractivity (Wildman–Crippen MR) is 81.7 cm³/mol. The topological polar surface area (TPSA) is 39.7 Å². The molecule has 0 aliphatic rings. The van der Waals surface area contributed by atoms with Crippen LogP contribution in [0.25, 0.3) is 0 Å². The maximum Gasteiger partial charge on any atom is 0.127 e. The normalized spacial score (nSPS) is 12.2. The summed E-state index contributed by atoms with van der Waals surface area (Å²) >= 11 is 0. The molecule has 1 atom stereocenters. The molecule has 0 amide bonds. The molecule has 1 aromatic rings. The average Bonchev–Trinajstić information content (AvgIpc) is 2.48. The number of hydrogen-bond donors (Lipinski definition) is 1. The molecule has 1 N–H and O–H groups in total. The lowest BCUT2D eigenvalue weighted by Gasteiger charge is -2.21. The number of nitrogens with one attached hydrogen (secondary N) is 1. The van der Waals surface area contributed by atoms with Crippen LogP contribution in [0.2, 0.25) is 0 Å². The molecule has 20 heavy (non-hydrogen) atoms. The van der Waals surface area contributed by atoms with Gasteiger partial charge in [0.1, 0.15) is 11.5 Å². The van der Waals surface area contributed by atoms with Crippen molar-refractivity contribution in [2.45, 2.75) is 32.7 Å². The summed E-state index contributed by atoms with van der Waals surface area (Å²) in [6, 6.07) is 6.13. The maximum absolute atomic E-state index is 5.88. The first-order valence-electron chi connectivity index (χ1n) is 7.26. The van der Waals surface area contributed by atoms with Crippen molar-refractivity contribution in [3.05, 3.63) is 23.8 Å². The summed E-state index contributed by atoms with van der Waals surface area (Å²) in [5.74, 6) is 1.75. The van der Waals surface area contributed by atoms with Crippen LogP contribution in [-0.2, 0) is 4.74 Å². The van der Waals surface area contributed by atoms with Crippen LogP contribution in [0.1, 0.15) is 38.3 Å². The van der Waals surface area contributed by atoms with E-state index in [-0.39, 0.29) is 6.04 Å². The molecule has 0 spiro atoms. The molecule has 0 fully saturated rings. The van der Waals surface area contributed by atoms with E-state index in [9.17, 15) is 0 Å². The van der Waals surface area contributed by atoms with Gasteiger partial charge in [0.15, 0.2) is 0 Å². The second-order valence-electron chi connectivity index (χ2n) is 4.74. The van der Waals surface area contributed by atoms with Crippen LogP contribution >= 0.6 is 0 Å². The van der Waals surface area contributed by atoms with Gasteiger partial charge in [-0.15, -0.1) is 0 Å². The van der Waals surface area contributed by atoms with Gasteiger partial charge in [0.2, 0.25) is 0 Å². The van der Waals surface area contributed by atoms with Gasteiger partial charge < -0.3 is 19.5 Å². The second kappa shape index (κ2) is 9.61. The van der Waals surface area contributed by atoms with Crippen molar-refractivity contribution in [2.75, 3.05) is 34.0 Å². The third-order valence-corrected chi connectivity index (χ3v) is 3.13. The van der Waals surface area contributed by atoms with Crippen molar-refractivity contribution in [3.8, 4) is 11.5 Å². The van der Waals surface area contributed by atoms with Crippen molar-refractivity contribution in [2.24, 2.45) is 0 Å². The van der Waals surface area contributed by atoms with Crippen molar-refractivity contribution < 1.29 is 14.2 Å². The van der Waals surface area contributed by atoms with Gasteiger partial charge in [-0.1, -0.05) is 13.0 Å². The van der Waals surface area contributed by atoms with Crippen LogP contribution in [0.15, 0.2) is 18.2 Å². The number of benzene rings is 1. The smallest absolute Gasteiger partial charge is 0.127 e. The molecule has 0 aromatic heterocycles. The molecular formula is C16H27NO3. The van der Waals surface area contributed by atoms with E-state index in [0.717, 1.165) is 36.4 Å². The average molecular weight is 281 g/mol. The summed E-state index contributed by atoms with van der Waals surface area (Å²) in [6.07, 6.45) is 1.98.